The smallest absolute Gasteiger partial charge is 0.0991 e. The van der Waals surface area contributed by atoms with Crippen LogP contribution in [0.2, 0.25) is 0 Å². The van der Waals surface area contributed by atoms with Crippen molar-refractivity contribution in [2.75, 3.05) is 14.1 Å². The highest BCUT2D eigenvalue weighted by atomic mass is 16.3. The van der Waals surface area contributed by atoms with Gasteiger partial charge in [-0.05, 0) is 48.5 Å². The Bertz CT molecular complexity index is 624. The van der Waals surface area contributed by atoms with Gasteiger partial charge in [0.05, 0.1) is 18.2 Å². The van der Waals surface area contributed by atoms with E-state index in [0.29, 0.717) is 5.56 Å². The summed E-state index contributed by atoms with van der Waals surface area (Å²) in [7, 11) is 4.04. The summed E-state index contributed by atoms with van der Waals surface area (Å²) in [5.74, 6) is 0. The zero-order chi connectivity index (χ0) is 14.5. The molecular formula is C17H18N2O. The predicted octanol–water partition coefficient (Wildman–Crippen LogP) is 2.78. The van der Waals surface area contributed by atoms with Crippen molar-refractivity contribution >= 4 is 0 Å². The van der Waals surface area contributed by atoms with Crippen molar-refractivity contribution < 1.29 is 5.11 Å². The first-order chi connectivity index (χ1) is 9.63. The van der Waals surface area contributed by atoms with E-state index in [4.69, 9.17) is 5.26 Å². The molecule has 0 heterocycles. The number of nitrogens with zero attached hydrogens (tertiary/aromatic N) is 2. The minimum Gasteiger partial charge on any atom is -0.392 e. The van der Waals surface area contributed by atoms with Crippen molar-refractivity contribution in [3.63, 3.8) is 0 Å². The second-order valence-corrected chi connectivity index (χ2v) is 5.08. The molecule has 102 valence electrons. The third-order valence-electron chi connectivity index (χ3n) is 3.16. The van der Waals surface area contributed by atoms with Gasteiger partial charge in [-0.3, -0.25) is 0 Å². The van der Waals surface area contributed by atoms with Gasteiger partial charge in [-0.1, -0.05) is 30.3 Å². The number of nitriles is 1. The Hall–Kier alpha value is -2.15. The summed E-state index contributed by atoms with van der Waals surface area (Å²) >= 11 is 0. The number of aliphatic hydroxyl groups is 1. The molecular weight excluding hydrogens is 248 g/mol. The van der Waals surface area contributed by atoms with Crippen molar-refractivity contribution in [1.29, 1.82) is 5.26 Å². The van der Waals surface area contributed by atoms with Crippen molar-refractivity contribution in [2.24, 2.45) is 0 Å². The molecule has 0 fully saturated rings. The normalized spacial score (nSPS) is 10.6. The Morgan fingerprint density at radius 2 is 1.80 bits per heavy atom. The van der Waals surface area contributed by atoms with Gasteiger partial charge in [-0.2, -0.15) is 5.26 Å². The molecule has 20 heavy (non-hydrogen) atoms. The maximum atomic E-state index is 9.57. The maximum Gasteiger partial charge on any atom is 0.0991 e. The monoisotopic (exact) mass is 266 g/mol. The fraction of sp³-hybridized carbons (Fsp3) is 0.235. The van der Waals surface area contributed by atoms with Crippen LogP contribution in [0, 0.1) is 11.3 Å². The minimum atomic E-state index is 0.0105. The van der Waals surface area contributed by atoms with Crippen LogP contribution in [0.1, 0.15) is 16.7 Å². The van der Waals surface area contributed by atoms with E-state index in [2.05, 4.69) is 17.0 Å². The van der Waals surface area contributed by atoms with Crippen LogP contribution >= 0.6 is 0 Å². The molecule has 3 nitrogen and oxygen atoms in total. The number of benzene rings is 2. The van der Waals surface area contributed by atoms with E-state index in [1.165, 1.54) is 5.56 Å². The molecule has 0 spiro atoms. The van der Waals surface area contributed by atoms with Gasteiger partial charge in [0.25, 0.3) is 0 Å². The van der Waals surface area contributed by atoms with E-state index in [1.54, 1.807) is 12.1 Å². The number of hydrogen-bond donors (Lipinski definition) is 1. The Labute approximate surface area is 119 Å². The van der Waals surface area contributed by atoms with Gasteiger partial charge in [0.1, 0.15) is 0 Å². The Morgan fingerprint density at radius 3 is 2.35 bits per heavy atom. The fourth-order valence-electron chi connectivity index (χ4n) is 2.25. The molecule has 0 aliphatic rings. The summed E-state index contributed by atoms with van der Waals surface area (Å²) in [6.07, 6.45) is 0. The summed E-state index contributed by atoms with van der Waals surface area (Å²) in [6.45, 7) is 0.858. The molecule has 0 amide bonds. The molecule has 0 aromatic heterocycles. The molecule has 2 aromatic rings. The largest absolute Gasteiger partial charge is 0.392 e. The van der Waals surface area contributed by atoms with Crippen molar-refractivity contribution in [3.8, 4) is 17.2 Å². The molecule has 0 bridgehead atoms. The van der Waals surface area contributed by atoms with Crippen molar-refractivity contribution in [3.05, 3.63) is 59.2 Å². The van der Waals surface area contributed by atoms with Gasteiger partial charge in [0.15, 0.2) is 0 Å². The third kappa shape index (κ3) is 3.24. The Kier molecular flexibility index (Phi) is 4.52. The number of rotatable bonds is 4. The molecule has 0 unspecified atom stereocenters. The second-order valence-electron chi connectivity index (χ2n) is 5.08. The highest BCUT2D eigenvalue weighted by molar-refractivity contribution is 5.68. The molecule has 0 aliphatic carbocycles. The highest BCUT2D eigenvalue weighted by Crippen LogP contribution is 2.25. The van der Waals surface area contributed by atoms with Crippen molar-refractivity contribution in [2.45, 2.75) is 13.2 Å². The lowest BCUT2D eigenvalue weighted by Crippen LogP contribution is -2.10. The topological polar surface area (TPSA) is 47.3 Å². The summed E-state index contributed by atoms with van der Waals surface area (Å²) in [5, 5.41) is 18.4. The summed E-state index contributed by atoms with van der Waals surface area (Å²) < 4.78 is 0. The Balaban J connectivity index is 2.38. The van der Waals surface area contributed by atoms with Gasteiger partial charge in [0, 0.05) is 6.54 Å². The average Bonchev–Trinajstić information content (AvgIpc) is 2.46. The summed E-state index contributed by atoms with van der Waals surface area (Å²) in [5.41, 5.74) is 4.76. The first-order valence-corrected chi connectivity index (χ1v) is 6.52. The SMILES string of the molecule is CN(C)Cc1ccc(-c2ccc(C#N)cc2)c(CO)c1. The quantitative estimate of drug-likeness (QED) is 0.925. The van der Waals surface area contributed by atoms with Crippen LogP contribution in [0.15, 0.2) is 42.5 Å². The average molecular weight is 266 g/mol. The van der Waals surface area contributed by atoms with E-state index in [-0.39, 0.29) is 6.61 Å². The lowest BCUT2D eigenvalue weighted by atomic mass is 9.97. The van der Waals surface area contributed by atoms with E-state index in [1.807, 2.05) is 38.4 Å². The standard InChI is InChI=1S/C17H18N2O/c1-19(2)11-14-5-8-17(16(9-14)12-20)15-6-3-13(10-18)4-7-15/h3-9,20H,11-12H2,1-2H3. The van der Waals surface area contributed by atoms with Crippen LogP contribution < -0.4 is 0 Å². The highest BCUT2D eigenvalue weighted by Gasteiger charge is 2.06. The van der Waals surface area contributed by atoms with Crippen LogP contribution in [-0.4, -0.2) is 24.1 Å². The van der Waals surface area contributed by atoms with Crippen LogP contribution in [0.4, 0.5) is 0 Å². The molecule has 2 rings (SSSR count). The van der Waals surface area contributed by atoms with Crippen molar-refractivity contribution in [1.82, 2.24) is 4.90 Å². The first kappa shape index (κ1) is 14.3. The zero-order valence-corrected chi connectivity index (χ0v) is 11.8. The number of hydrogen-bond acceptors (Lipinski definition) is 3. The van der Waals surface area contributed by atoms with Gasteiger partial charge < -0.3 is 10.0 Å². The molecule has 0 radical (unpaired) electrons. The van der Waals surface area contributed by atoms with E-state index >= 15 is 0 Å². The first-order valence-electron chi connectivity index (χ1n) is 6.52. The Morgan fingerprint density at radius 1 is 1.10 bits per heavy atom. The second kappa shape index (κ2) is 6.33. The molecule has 1 N–H and O–H groups in total. The van der Waals surface area contributed by atoms with Gasteiger partial charge in [-0.25, -0.2) is 0 Å². The van der Waals surface area contributed by atoms with Gasteiger partial charge in [-0.15, -0.1) is 0 Å². The van der Waals surface area contributed by atoms with E-state index in [9.17, 15) is 5.11 Å². The lowest BCUT2D eigenvalue weighted by molar-refractivity contribution is 0.282. The molecule has 0 saturated carbocycles. The van der Waals surface area contributed by atoms with Crippen LogP contribution in [0.5, 0.6) is 0 Å². The molecule has 0 atom stereocenters. The molecule has 2 aromatic carbocycles. The summed E-state index contributed by atoms with van der Waals surface area (Å²) in [4.78, 5) is 2.10. The maximum absolute atomic E-state index is 9.57. The van der Waals surface area contributed by atoms with Crippen LogP contribution in [-0.2, 0) is 13.2 Å². The van der Waals surface area contributed by atoms with Crippen LogP contribution in [0.25, 0.3) is 11.1 Å². The van der Waals surface area contributed by atoms with E-state index in [0.717, 1.165) is 23.2 Å². The lowest BCUT2D eigenvalue weighted by Gasteiger charge is -2.13. The predicted molar refractivity (Wildman–Crippen MR) is 79.9 cm³/mol. The molecule has 0 saturated heterocycles. The van der Waals surface area contributed by atoms with Crippen LogP contribution in [0.3, 0.4) is 0 Å². The molecule has 3 heteroatoms. The summed E-state index contributed by atoms with van der Waals surface area (Å²) in [6, 6.07) is 15.7. The zero-order valence-electron chi connectivity index (χ0n) is 11.8. The van der Waals surface area contributed by atoms with E-state index < -0.39 is 0 Å². The molecule has 0 aliphatic heterocycles. The minimum absolute atomic E-state index is 0.0105. The fourth-order valence-corrected chi connectivity index (χ4v) is 2.25. The third-order valence-corrected chi connectivity index (χ3v) is 3.16. The number of aliphatic hydroxyl groups excluding tert-OH is 1. The van der Waals surface area contributed by atoms with Gasteiger partial charge in [0.2, 0.25) is 0 Å². The van der Waals surface area contributed by atoms with Gasteiger partial charge >= 0.3 is 0 Å².